The van der Waals surface area contributed by atoms with Gasteiger partial charge in [-0.05, 0) is 50.5 Å². The maximum Gasteiger partial charge on any atom is 0.134 e. The second kappa shape index (κ2) is 5.37. The Bertz CT molecular complexity index is 605. The summed E-state index contributed by atoms with van der Waals surface area (Å²) in [5, 5.41) is 1.68. The van der Waals surface area contributed by atoms with Crippen LogP contribution >= 0.6 is 11.6 Å². The Hall–Kier alpha value is -1.07. The highest BCUT2D eigenvalue weighted by Crippen LogP contribution is 2.38. The van der Waals surface area contributed by atoms with E-state index in [2.05, 4.69) is 12.3 Å². The Morgan fingerprint density at radius 1 is 1.35 bits per heavy atom. The van der Waals surface area contributed by atoms with Gasteiger partial charge in [-0.15, -0.1) is 0 Å². The molecule has 0 bridgehead atoms. The minimum Gasteiger partial charge on any atom is -0.459 e. The van der Waals surface area contributed by atoms with Crippen LogP contribution in [0.2, 0.25) is 5.02 Å². The molecule has 3 rings (SSSR count). The highest BCUT2D eigenvalue weighted by molar-refractivity contribution is 6.31. The van der Waals surface area contributed by atoms with Gasteiger partial charge >= 0.3 is 0 Å². The molecular formula is C15H19ClN2O2. The topological polar surface area (TPSA) is 60.4 Å². The molecule has 0 spiro atoms. The summed E-state index contributed by atoms with van der Waals surface area (Å²) in [5.74, 6) is 6.54. The Kier molecular flexibility index (Phi) is 3.73. The van der Waals surface area contributed by atoms with Crippen molar-refractivity contribution in [3.8, 4) is 0 Å². The lowest BCUT2D eigenvalue weighted by Gasteiger charge is -2.39. The fraction of sp³-hybridized carbons (Fsp3) is 0.467. The first-order valence-corrected chi connectivity index (χ1v) is 7.29. The van der Waals surface area contributed by atoms with Crippen LogP contribution in [0.3, 0.4) is 0 Å². The summed E-state index contributed by atoms with van der Waals surface area (Å²) in [5.41, 5.74) is 3.32. The number of benzene rings is 1. The number of fused-ring (bicyclic) bond motifs is 1. The van der Waals surface area contributed by atoms with Crippen LogP contribution < -0.4 is 11.3 Å². The number of hydrogen-bond acceptors (Lipinski definition) is 4. The summed E-state index contributed by atoms with van der Waals surface area (Å²) in [7, 11) is 0. The van der Waals surface area contributed by atoms with E-state index < -0.39 is 0 Å². The molecule has 0 saturated carbocycles. The van der Waals surface area contributed by atoms with Crippen molar-refractivity contribution in [2.24, 2.45) is 5.84 Å². The quantitative estimate of drug-likeness (QED) is 0.671. The van der Waals surface area contributed by atoms with Crippen LogP contribution in [-0.4, -0.2) is 12.2 Å². The zero-order chi connectivity index (χ0) is 14.2. The number of halogens is 1. The first kappa shape index (κ1) is 13.9. The molecule has 0 amide bonds. The molecule has 108 valence electrons. The maximum absolute atomic E-state index is 6.01. The summed E-state index contributed by atoms with van der Waals surface area (Å²) >= 11 is 6.01. The average Bonchev–Trinajstić information content (AvgIpc) is 2.82. The molecule has 0 radical (unpaired) electrons. The molecule has 3 N–H and O–H groups in total. The highest BCUT2D eigenvalue weighted by Gasteiger charge is 2.39. The summed E-state index contributed by atoms with van der Waals surface area (Å²) in [4.78, 5) is 0. The van der Waals surface area contributed by atoms with Crippen LogP contribution in [0.1, 0.15) is 38.0 Å². The van der Waals surface area contributed by atoms with Gasteiger partial charge in [0.2, 0.25) is 0 Å². The van der Waals surface area contributed by atoms with Gasteiger partial charge in [0.05, 0.1) is 5.60 Å². The Balaban J connectivity index is 1.98. The zero-order valence-corrected chi connectivity index (χ0v) is 12.2. The predicted octanol–water partition coefficient (Wildman–Crippen LogP) is 3.55. The van der Waals surface area contributed by atoms with Crippen LogP contribution in [0.5, 0.6) is 0 Å². The van der Waals surface area contributed by atoms with Gasteiger partial charge in [-0.1, -0.05) is 11.6 Å². The standard InChI is InChI=1S/C15H19ClN2O2/c1-15(6-2-3-7-19-15)14(18-17)13-9-10-8-11(16)4-5-12(10)20-13/h4-5,8-9,14,18H,2-3,6-7,17H2,1H3. The SMILES string of the molecule is CC1(C(NN)c2cc3cc(Cl)ccc3o2)CCCCO1. The van der Waals surface area contributed by atoms with Crippen molar-refractivity contribution in [1.29, 1.82) is 0 Å². The van der Waals surface area contributed by atoms with E-state index in [4.69, 9.17) is 26.6 Å². The third-order valence-electron chi connectivity index (χ3n) is 4.06. The number of nitrogens with two attached hydrogens (primary N) is 1. The summed E-state index contributed by atoms with van der Waals surface area (Å²) < 4.78 is 11.9. The third-order valence-corrected chi connectivity index (χ3v) is 4.29. The van der Waals surface area contributed by atoms with Crippen LogP contribution in [0.4, 0.5) is 0 Å². The molecule has 2 aromatic rings. The fourth-order valence-corrected chi connectivity index (χ4v) is 3.10. The van der Waals surface area contributed by atoms with E-state index in [0.717, 1.165) is 42.6 Å². The molecule has 2 unspecified atom stereocenters. The van der Waals surface area contributed by atoms with Crippen molar-refractivity contribution in [2.45, 2.75) is 37.8 Å². The van der Waals surface area contributed by atoms with Crippen molar-refractivity contribution in [3.05, 3.63) is 35.0 Å². The average molecular weight is 295 g/mol. The molecule has 1 saturated heterocycles. The summed E-state index contributed by atoms with van der Waals surface area (Å²) in [6, 6.07) is 7.39. The van der Waals surface area contributed by atoms with Gasteiger partial charge in [-0.25, -0.2) is 5.43 Å². The first-order valence-electron chi connectivity index (χ1n) is 6.91. The largest absolute Gasteiger partial charge is 0.459 e. The van der Waals surface area contributed by atoms with E-state index in [1.54, 1.807) is 0 Å². The minimum atomic E-state index is -0.343. The van der Waals surface area contributed by atoms with Gasteiger partial charge in [-0.2, -0.15) is 0 Å². The molecule has 1 aromatic carbocycles. The van der Waals surface area contributed by atoms with E-state index in [1.807, 2.05) is 24.3 Å². The van der Waals surface area contributed by atoms with Gasteiger partial charge in [0.1, 0.15) is 17.4 Å². The van der Waals surface area contributed by atoms with E-state index >= 15 is 0 Å². The maximum atomic E-state index is 6.01. The van der Waals surface area contributed by atoms with Crippen molar-refractivity contribution < 1.29 is 9.15 Å². The molecule has 2 heterocycles. The molecule has 2 atom stereocenters. The molecule has 0 aliphatic carbocycles. The zero-order valence-electron chi connectivity index (χ0n) is 11.5. The first-order chi connectivity index (χ1) is 9.62. The Morgan fingerprint density at radius 3 is 2.90 bits per heavy atom. The van der Waals surface area contributed by atoms with Crippen molar-refractivity contribution in [3.63, 3.8) is 0 Å². The summed E-state index contributed by atoms with van der Waals surface area (Å²) in [6.45, 7) is 2.84. The van der Waals surface area contributed by atoms with Crippen molar-refractivity contribution in [1.82, 2.24) is 5.43 Å². The smallest absolute Gasteiger partial charge is 0.134 e. The van der Waals surface area contributed by atoms with Gasteiger partial charge < -0.3 is 9.15 Å². The highest BCUT2D eigenvalue weighted by atomic mass is 35.5. The lowest BCUT2D eigenvalue weighted by atomic mass is 9.87. The molecule has 5 heteroatoms. The number of hydrogen-bond donors (Lipinski definition) is 2. The van der Waals surface area contributed by atoms with Gasteiger partial charge in [-0.3, -0.25) is 5.84 Å². The lowest BCUT2D eigenvalue weighted by Crippen LogP contribution is -2.48. The van der Waals surface area contributed by atoms with E-state index in [-0.39, 0.29) is 11.6 Å². The van der Waals surface area contributed by atoms with Gasteiger partial charge in [0.25, 0.3) is 0 Å². The molecule has 1 aliphatic rings. The minimum absolute atomic E-state index is 0.172. The predicted molar refractivity (Wildman–Crippen MR) is 79.5 cm³/mol. The normalized spacial score (nSPS) is 24.9. The van der Waals surface area contributed by atoms with Crippen molar-refractivity contribution in [2.75, 3.05) is 6.61 Å². The van der Waals surface area contributed by atoms with Crippen LogP contribution in [0, 0.1) is 0 Å². The molecular weight excluding hydrogens is 276 g/mol. The van der Waals surface area contributed by atoms with E-state index in [1.165, 1.54) is 0 Å². The van der Waals surface area contributed by atoms with Gasteiger partial charge in [0.15, 0.2) is 0 Å². The van der Waals surface area contributed by atoms with E-state index in [0.29, 0.717) is 5.02 Å². The summed E-state index contributed by atoms with van der Waals surface area (Å²) in [6.07, 6.45) is 3.20. The molecule has 1 aromatic heterocycles. The molecule has 4 nitrogen and oxygen atoms in total. The van der Waals surface area contributed by atoms with Crippen LogP contribution in [0.25, 0.3) is 11.0 Å². The number of rotatable bonds is 3. The van der Waals surface area contributed by atoms with Crippen LogP contribution in [-0.2, 0) is 4.74 Å². The fourth-order valence-electron chi connectivity index (χ4n) is 2.92. The molecule has 1 aliphatic heterocycles. The second-order valence-corrected chi connectivity index (χ2v) is 5.99. The number of nitrogens with one attached hydrogen (secondary N) is 1. The van der Waals surface area contributed by atoms with Crippen LogP contribution in [0.15, 0.2) is 28.7 Å². The lowest BCUT2D eigenvalue weighted by molar-refractivity contribution is -0.0934. The number of furan rings is 1. The third kappa shape index (κ3) is 2.44. The number of hydrazine groups is 1. The molecule has 1 fully saturated rings. The van der Waals surface area contributed by atoms with Gasteiger partial charge in [0, 0.05) is 17.0 Å². The Morgan fingerprint density at radius 2 is 2.20 bits per heavy atom. The molecule has 20 heavy (non-hydrogen) atoms. The number of ether oxygens (including phenoxy) is 1. The monoisotopic (exact) mass is 294 g/mol. The second-order valence-electron chi connectivity index (χ2n) is 5.55. The Labute approximate surface area is 123 Å². The van der Waals surface area contributed by atoms with E-state index in [9.17, 15) is 0 Å². The van der Waals surface area contributed by atoms with Crippen molar-refractivity contribution >= 4 is 22.6 Å².